The number of carbonyl (C=O) groups excluding carboxylic acids is 1. The summed E-state index contributed by atoms with van der Waals surface area (Å²) in [4.78, 5) is 11.9. The van der Waals surface area contributed by atoms with Crippen molar-refractivity contribution in [2.75, 3.05) is 0 Å². The van der Waals surface area contributed by atoms with Crippen LogP contribution in [-0.2, 0) is 0 Å². The highest BCUT2D eigenvalue weighted by Gasteiger charge is 2.02. The number of rotatable bonds is 3. The molecule has 19 heavy (non-hydrogen) atoms. The third-order valence-corrected chi connectivity index (χ3v) is 3.75. The number of phenolic OH excluding ortho intramolecular Hbond substituents is 1. The van der Waals surface area contributed by atoms with Gasteiger partial charge in [-0.2, -0.15) is 0 Å². The van der Waals surface area contributed by atoms with Crippen LogP contribution < -0.4 is 0 Å². The molecule has 96 valence electrons. The molecule has 1 N–H and O–H groups in total. The summed E-state index contributed by atoms with van der Waals surface area (Å²) in [5.74, 6) is 0.0553. The third-order valence-electron chi connectivity index (χ3n) is 2.54. The fourth-order valence-electron chi connectivity index (χ4n) is 1.53. The lowest BCUT2D eigenvalue weighted by atomic mass is 10.1. The number of aromatic hydroxyl groups is 1. The molecular formula is C15H10BrIO2. The van der Waals surface area contributed by atoms with Crippen molar-refractivity contribution in [2.45, 2.75) is 0 Å². The molecule has 2 rings (SSSR count). The van der Waals surface area contributed by atoms with Crippen molar-refractivity contribution in [1.29, 1.82) is 0 Å². The minimum absolute atomic E-state index is 0.0845. The average Bonchev–Trinajstić information content (AvgIpc) is 2.38. The van der Waals surface area contributed by atoms with Crippen molar-refractivity contribution in [3.8, 4) is 5.75 Å². The van der Waals surface area contributed by atoms with Gasteiger partial charge in [-0.05, 0) is 59.0 Å². The molecule has 2 nitrogen and oxygen atoms in total. The highest BCUT2D eigenvalue weighted by molar-refractivity contribution is 14.1. The summed E-state index contributed by atoms with van der Waals surface area (Å²) in [6.07, 6.45) is 3.08. The third kappa shape index (κ3) is 3.91. The van der Waals surface area contributed by atoms with Crippen LogP contribution in [0.3, 0.4) is 0 Å². The second kappa shape index (κ2) is 6.34. The van der Waals surface area contributed by atoms with Gasteiger partial charge in [0.15, 0.2) is 5.78 Å². The quantitative estimate of drug-likeness (QED) is 0.438. The first-order valence-corrected chi connectivity index (χ1v) is 7.40. The van der Waals surface area contributed by atoms with Gasteiger partial charge in [0.05, 0.1) is 0 Å². The first kappa shape index (κ1) is 14.3. The molecule has 0 unspecified atom stereocenters. The smallest absolute Gasteiger partial charge is 0.185 e. The summed E-state index contributed by atoms with van der Waals surface area (Å²) in [6, 6.07) is 12.5. The van der Waals surface area contributed by atoms with E-state index < -0.39 is 0 Å². The highest BCUT2D eigenvalue weighted by atomic mass is 127. The average molecular weight is 429 g/mol. The topological polar surface area (TPSA) is 37.3 Å². The first-order chi connectivity index (χ1) is 9.06. The van der Waals surface area contributed by atoms with E-state index in [9.17, 15) is 9.90 Å². The van der Waals surface area contributed by atoms with Crippen molar-refractivity contribution >= 4 is 50.4 Å². The largest absolute Gasteiger partial charge is 0.507 e. The summed E-state index contributed by atoms with van der Waals surface area (Å²) in [5.41, 5.74) is 1.25. The van der Waals surface area contributed by atoms with Crippen LogP contribution in [0, 0.1) is 3.57 Å². The van der Waals surface area contributed by atoms with Gasteiger partial charge in [0.25, 0.3) is 0 Å². The van der Waals surface area contributed by atoms with Crippen LogP contribution in [0.2, 0.25) is 0 Å². The maximum Gasteiger partial charge on any atom is 0.185 e. The van der Waals surface area contributed by atoms with E-state index in [0.29, 0.717) is 11.1 Å². The molecule has 0 radical (unpaired) electrons. The van der Waals surface area contributed by atoms with Crippen molar-refractivity contribution in [2.24, 2.45) is 0 Å². The van der Waals surface area contributed by atoms with Crippen LogP contribution in [0.25, 0.3) is 6.08 Å². The number of allylic oxidation sites excluding steroid dienone is 1. The molecule has 0 spiro atoms. The molecule has 0 aliphatic carbocycles. The molecule has 0 saturated carbocycles. The number of phenols is 1. The molecule has 0 bridgehead atoms. The van der Waals surface area contributed by atoms with E-state index in [1.165, 1.54) is 6.08 Å². The standard InChI is InChI=1S/C15H10BrIO2/c16-12-5-1-11(15(19)9-12)4-8-14(18)10-2-6-13(17)7-3-10/h1-9,19H/b8-4+. The van der Waals surface area contributed by atoms with Gasteiger partial charge >= 0.3 is 0 Å². The van der Waals surface area contributed by atoms with E-state index in [0.717, 1.165) is 8.04 Å². The van der Waals surface area contributed by atoms with Crippen molar-refractivity contribution in [1.82, 2.24) is 0 Å². The molecule has 0 heterocycles. The van der Waals surface area contributed by atoms with E-state index in [4.69, 9.17) is 0 Å². The zero-order valence-electron chi connectivity index (χ0n) is 9.81. The SMILES string of the molecule is O=C(/C=C/c1ccc(Br)cc1O)c1ccc(I)cc1. The number of benzene rings is 2. The van der Waals surface area contributed by atoms with Gasteiger partial charge in [0, 0.05) is 19.2 Å². The predicted molar refractivity (Wildman–Crippen MR) is 88.3 cm³/mol. The molecule has 2 aromatic carbocycles. The van der Waals surface area contributed by atoms with Crippen LogP contribution in [0.5, 0.6) is 5.75 Å². The highest BCUT2D eigenvalue weighted by Crippen LogP contribution is 2.23. The second-order valence-corrected chi connectivity index (χ2v) is 6.07. The molecule has 0 aliphatic rings. The Kier molecular flexibility index (Phi) is 4.76. The van der Waals surface area contributed by atoms with Crippen LogP contribution in [-0.4, -0.2) is 10.9 Å². The maximum absolute atomic E-state index is 11.9. The van der Waals surface area contributed by atoms with E-state index >= 15 is 0 Å². The number of carbonyl (C=O) groups is 1. The Balaban J connectivity index is 2.18. The van der Waals surface area contributed by atoms with Crippen LogP contribution >= 0.6 is 38.5 Å². The summed E-state index contributed by atoms with van der Waals surface area (Å²) in [7, 11) is 0. The molecule has 0 aliphatic heterocycles. The van der Waals surface area contributed by atoms with Gasteiger partial charge in [0.2, 0.25) is 0 Å². The van der Waals surface area contributed by atoms with Gasteiger partial charge in [-0.25, -0.2) is 0 Å². The summed E-state index contributed by atoms with van der Waals surface area (Å²) in [6.45, 7) is 0. The zero-order valence-corrected chi connectivity index (χ0v) is 13.6. The predicted octanol–water partition coefficient (Wildman–Crippen LogP) is 4.66. The molecule has 0 aromatic heterocycles. The van der Waals surface area contributed by atoms with E-state index in [1.54, 1.807) is 30.3 Å². The summed E-state index contributed by atoms with van der Waals surface area (Å²) >= 11 is 5.46. The summed E-state index contributed by atoms with van der Waals surface area (Å²) < 4.78 is 1.88. The van der Waals surface area contributed by atoms with Gasteiger partial charge in [-0.1, -0.05) is 34.1 Å². The van der Waals surface area contributed by atoms with Crippen molar-refractivity contribution < 1.29 is 9.90 Å². The Morgan fingerprint density at radius 2 is 1.84 bits per heavy atom. The molecule has 0 fully saturated rings. The van der Waals surface area contributed by atoms with Crippen LogP contribution in [0.1, 0.15) is 15.9 Å². The monoisotopic (exact) mass is 428 g/mol. The molecule has 0 amide bonds. The van der Waals surface area contributed by atoms with Gasteiger partial charge in [0.1, 0.15) is 5.75 Å². The number of ketones is 1. The van der Waals surface area contributed by atoms with E-state index in [1.807, 2.05) is 18.2 Å². The molecule has 0 saturated heterocycles. The lowest BCUT2D eigenvalue weighted by molar-refractivity contribution is 0.104. The van der Waals surface area contributed by atoms with Gasteiger partial charge in [-0.15, -0.1) is 0 Å². The van der Waals surface area contributed by atoms with Gasteiger partial charge < -0.3 is 5.11 Å². The lowest BCUT2D eigenvalue weighted by Crippen LogP contribution is -1.93. The molecule has 4 heteroatoms. The Bertz CT molecular complexity index is 633. The zero-order chi connectivity index (χ0) is 13.8. The fraction of sp³-hybridized carbons (Fsp3) is 0. The Morgan fingerprint density at radius 1 is 1.16 bits per heavy atom. The van der Waals surface area contributed by atoms with Crippen LogP contribution in [0.4, 0.5) is 0 Å². The second-order valence-electron chi connectivity index (χ2n) is 3.91. The van der Waals surface area contributed by atoms with Crippen molar-refractivity contribution in [3.63, 3.8) is 0 Å². The van der Waals surface area contributed by atoms with Gasteiger partial charge in [-0.3, -0.25) is 4.79 Å². The Morgan fingerprint density at radius 3 is 2.47 bits per heavy atom. The summed E-state index contributed by atoms with van der Waals surface area (Å²) in [5, 5.41) is 9.72. The Hall–Kier alpha value is -1.14. The minimum atomic E-state index is -0.0845. The van der Waals surface area contributed by atoms with E-state index in [2.05, 4.69) is 38.5 Å². The molecule has 2 aromatic rings. The Labute approximate surface area is 133 Å². The maximum atomic E-state index is 11.9. The number of hydrogen-bond acceptors (Lipinski definition) is 2. The van der Waals surface area contributed by atoms with Crippen molar-refractivity contribution in [3.05, 3.63) is 67.7 Å². The fourth-order valence-corrected chi connectivity index (χ4v) is 2.24. The molecular weight excluding hydrogens is 419 g/mol. The normalized spacial score (nSPS) is 10.8. The number of hydrogen-bond donors (Lipinski definition) is 1. The van der Waals surface area contributed by atoms with E-state index in [-0.39, 0.29) is 11.5 Å². The minimum Gasteiger partial charge on any atom is -0.507 e. The number of halogens is 2. The van der Waals surface area contributed by atoms with Crippen LogP contribution in [0.15, 0.2) is 53.0 Å². The first-order valence-electron chi connectivity index (χ1n) is 5.53. The molecule has 0 atom stereocenters. The lowest BCUT2D eigenvalue weighted by Gasteiger charge is -2.00.